The van der Waals surface area contributed by atoms with Gasteiger partial charge in [-0.05, 0) is 30.7 Å². The molecule has 1 heterocycles. The first-order valence-corrected chi connectivity index (χ1v) is 4.53. The van der Waals surface area contributed by atoms with Crippen LogP contribution in [0.15, 0.2) is 28.9 Å². The monoisotopic (exact) mass is 221 g/mol. The molecule has 0 aliphatic rings. The molecule has 0 radical (unpaired) electrons. The van der Waals surface area contributed by atoms with E-state index >= 15 is 0 Å². The van der Waals surface area contributed by atoms with E-state index in [-0.39, 0.29) is 11.3 Å². The van der Waals surface area contributed by atoms with E-state index in [2.05, 4.69) is 5.16 Å². The molecule has 1 aromatic heterocycles. The fourth-order valence-corrected chi connectivity index (χ4v) is 1.47. The van der Waals surface area contributed by atoms with Gasteiger partial charge in [-0.2, -0.15) is 0 Å². The third-order valence-electron chi connectivity index (χ3n) is 2.11. The topological polar surface area (TPSA) is 63.3 Å². The van der Waals surface area contributed by atoms with Crippen LogP contribution in [-0.4, -0.2) is 16.2 Å². The molecule has 16 heavy (non-hydrogen) atoms. The fraction of sp³-hybridized carbons (Fsp3) is 0.0909. The Morgan fingerprint density at radius 3 is 2.81 bits per heavy atom. The number of aromatic nitrogens is 1. The molecule has 2 rings (SSSR count). The lowest BCUT2D eigenvalue weighted by Gasteiger charge is -2.00. The van der Waals surface area contributed by atoms with Gasteiger partial charge in [-0.3, -0.25) is 0 Å². The fourth-order valence-electron chi connectivity index (χ4n) is 1.47. The van der Waals surface area contributed by atoms with Gasteiger partial charge in [0.05, 0.1) is 6.20 Å². The van der Waals surface area contributed by atoms with Crippen LogP contribution < -0.4 is 0 Å². The maximum Gasteiger partial charge on any atom is 0.341 e. The number of benzene rings is 1. The summed E-state index contributed by atoms with van der Waals surface area (Å²) in [6, 6.07) is 4.19. The van der Waals surface area contributed by atoms with Crippen molar-refractivity contribution in [3.8, 4) is 11.3 Å². The molecule has 0 aliphatic carbocycles. The number of rotatable bonds is 2. The summed E-state index contributed by atoms with van der Waals surface area (Å²) in [5.74, 6) is -1.53. The molecule has 0 bridgehead atoms. The number of hydrogen-bond donors (Lipinski definition) is 1. The van der Waals surface area contributed by atoms with Gasteiger partial charge >= 0.3 is 5.97 Å². The summed E-state index contributed by atoms with van der Waals surface area (Å²) in [7, 11) is 0. The van der Waals surface area contributed by atoms with Crippen molar-refractivity contribution in [2.24, 2.45) is 0 Å². The highest BCUT2D eigenvalue weighted by Gasteiger charge is 2.17. The molecule has 1 N–H and O–H groups in total. The molecule has 0 saturated heterocycles. The number of carboxylic acids is 1. The zero-order valence-electron chi connectivity index (χ0n) is 8.40. The minimum Gasteiger partial charge on any atom is -0.477 e. The third-order valence-corrected chi connectivity index (χ3v) is 2.11. The van der Waals surface area contributed by atoms with Crippen molar-refractivity contribution in [2.75, 3.05) is 0 Å². The van der Waals surface area contributed by atoms with Crippen LogP contribution in [0.3, 0.4) is 0 Å². The predicted octanol–water partition coefficient (Wildman–Crippen LogP) is 2.49. The molecule has 2 aromatic rings. The Hall–Kier alpha value is -2.17. The standard InChI is InChI=1S/C11H8FNO3/c1-6-2-7(4-8(12)3-6)10-9(11(14)15)5-13-16-10/h2-5H,1H3,(H,14,15). The summed E-state index contributed by atoms with van der Waals surface area (Å²) in [4.78, 5) is 10.8. The molecule has 0 aliphatic heterocycles. The maximum atomic E-state index is 13.1. The third kappa shape index (κ3) is 1.79. The maximum absolute atomic E-state index is 13.1. The second-order valence-electron chi connectivity index (χ2n) is 3.39. The van der Waals surface area contributed by atoms with E-state index in [0.717, 1.165) is 6.20 Å². The molecular weight excluding hydrogens is 213 g/mol. The zero-order chi connectivity index (χ0) is 11.7. The Morgan fingerprint density at radius 2 is 2.19 bits per heavy atom. The van der Waals surface area contributed by atoms with Crippen LogP contribution >= 0.6 is 0 Å². The molecule has 0 fully saturated rings. The van der Waals surface area contributed by atoms with Gasteiger partial charge < -0.3 is 9.63 Å². The quantitative estimate of drug-likeness (QED) is 0.846. The van der Waals surface area contributed by atoms with E-state index in [1.165, 1.54) is 12.1 Å². The summed E-state index contributed by atoms with van der Waals surface area (Å²) >= 11 is 0. The second-order valence-corrected chi connectivity index (χ2v) is 3.39. The lowest BCUT2D eigenvalue weighted by Crippen LogP contribution is -1.96. The molecule has 0 unspecified atom stereocenters. The van der Waals surface area contributed by atoms with Crippen LogP contribution in [0, 0.1) is 12.7 Å². The highest BCUT2D eigenvalue weighted by atomic mass is 19.1. The van der Waals surface area contributed by atoms with Crippen molar-refractivity contribution < 1.29 is 18.8 Å². The number of nitrogens with zero attached hydrogens (tertiary/aromatic N) is 1. The van der Waals surface area contributed by atoms with Crippen molar-refractivity contribution in [2.45, 2.75) is 6.92 Å². The van der Waals surface area contributed by atoms with E-state index in [0.29, 0.717) is 11.1 Å². The molecule has 0 spiro atoms. The summed E-state index contributed by atoms with van der Waals surface area (Å²) in [5.41, 5.74) is 0.972. The van der Waals surface area contributed by atoms with Gasteiger partial charge in [0, 0.05) is 5.56 Å². The molecule has 82 valence electrons. The highest BCUT2D eigenvalue weighted by molar-refractivity contribution is 5.93. The van der Waals surface area contributed by atoms with Crippen molar-refractivity contribution >= 4 is 5.97 Å². The van der Waals surface area contributed by atoms with Crippen LogP contribution in [0.25, 0.3) is 11.3 Å². The number of hydrogen-bond acceptors (Lipinski definition) is 3. The SMILES string of the molecule is Cc1cc(F)cc(-c2oncc2C(=O)O)c1. The van der Waals surface area contributed by atoms with Crippen LogP contribution in [0.2, 0.25) is 0 Å². The Morgan fingerprint density at radius 1 is 1.44 bits per heavy atom. The Labute approximate surface area is 90.3 Å². The van der Waals surface area contributed by atoms with Crippen molar-refractivity contribution in [3.05, 3.63) is 41.3 Å². The minimum absolute atomic E-state index is 0.0649. The van der Waals surface area contributed by atoms with Crippen molar-refractivity contribution in [1.82, 2.24) is 5.16 Å². The number of carboxylic acid groups (broad SMARTS) is 1. The number of aromatic carboxylic acids is 1. The first-order valence-electron chi connectivity index (χ1n) is 4.53. The van der Waals surface area contributed by atoms with Gasteiger partial charge in [-0.1, -0.05) is 5.16 Å². The lowest BCUT2D eigenvalue weighted by atomic mass is 10.1. The largest absolute Gasteiger partial charge is 0.477 e. The number of aryl methyl sites for hydroxylation is 1. The van der Waals surface area contributed by atoms with E-state index in [1.54, 1.807) is 13.0 Å². The van der Waals surface area contributed by atoms with E-state index in [1.807, 2.05) is 0 Å². The average molecular weight is 221 g/mol. The normalized spacial score (nSPS) is 10.4. The second kappa shape index (κ2) is 3.77. The first-order chi connectivity index (χ1) is 7.58. The van der Waals surface area contributed by atoms with Crippen LogP contribution in [-0.2, 0) is 0 Å². The molecule has 1 aromatic carbocycles. The summed E-state index contributed by atoms with van der Waals surface area (Å²) in [5, 5.41) is 12.3. The minimum atomic E-state index is -1.15. The van der Waals surface area contributed by atoms with Crippen LogP contribution in [0.5, 0.6) is 0 Å². The van der Waals surface area contributed by atoms with Crippen LogP contribution in [0.1, 0.15) is 15.9 Å². The van der Waals surface area contributed by atoms with Gasteiger partial charge in [0.25, 0.3) is 0 Å². The number of carbonyl (C=O) groups is 1. The van der Waals surface area contributed by atoms with E-state index < -0.39 is 11.8 Å². The van der Waals surface area contributed by atoms with Gasteiger partial charge in [0.2, 0.25) is 0 Å². The summed E-state index contributed by atoms with van der Waals surface area (Å²) in [6.07, 6.45) is 1.10. The predicted molar refractivity (Wildman–Crippen MR) is 53.6 cm³/mol. The van der Waals surface area contributed by atoms with Gasteiger partial charge in [0.15, 0.2) is 5.76 Å². The highest BCUT2D eigenvalue weighted by Crippen LogP contribution is 2.25. The summed E-state index contributed by atoms with van der Waals surface area (Å²) in [6.45, 7) is 1.71. The molecule has 4 nitrogen and oxygen atoms in total. The molecule has 0 amide bonds. The Balaban J connectivity index is 2.58. The smallest absolute Gasteiger partial charge is 0.341 e. The zero-order valence-corrected chi connectivity index (χ0v) is 8.40. The van der Waals surface area contributed by atoms with Crippen LogP contribution in [0.4, 0.5) is 4.39 Å². The van der Waals surface area contributed by atoms with Crippen molar-refractivity contribution in [3.63, 3.8) is 0 Å². The van der Waals surface area contributed by atoms with Gasteiger partial charge in [0.1, 0.15) is 11.4 Å². The summed E-state index contributed by atoms with van der Waals surface area (Å²) < 4.78 is 18.0. The first kappa shape index (κ1) is 10.4. The molecule has 0 saturated carbocycles. The van der Waals surface area contributed by atoms with Gasteiger partial charge in [-0.15, -0.1) is 0 Å². The molecular formula is C11H8FNO3. The van der Waals surface area contributed by atoms with Gasteiger partial charge in [-0.25, -0.2) is 9.18 Å². The molecule has 0 atom stereocenters. The Kier molecular flexibility index (Phi) is 2.44. The number of halogens is 1. The van der Waals surface area contributed by atoms with E-state index in [9.17, 15) is 9.18 Å². The Bertz CT molecular complexity index is 528. The average Bonchev–Trinajstić information content (AvgIpc) is 2.63. The lowest BCUT2D eigenvalue weighted by molar-refractivity contribution is 0.0697. The van der Waals surface area contributed by atoms with E-state index in [4.69, 9.17) is 9.63 Å². The molecule has 5 heteroatoms. The van der Waals surface area contributed by atoms with Crippen molar-refractivity contribution in [1.29, 1.82) is 0 Å².